The summed E-state index contributed by atoms with van der Waals surface area (Å²) >= 11 is 0. The van der Waals surface area contributed by atoms with Crippen LogP contribution in [0.1, 0.15) is 29.5 Å². The summed E-state index contributed by atoms with van der Waals surface area (Å²) in [6.45, 7) is 2.90. The lowest BCUT2D eigenvalue weighted by molar-refractivity contribution is -0.140. The van der Waals surface area contributed by atoms with E-state index in [2.05, 4.69) is 0 Å². The second-order valence-corrected chi connectivity index (χ2v) is 7.67. The van der Waals surface area contributed by atoms with Crippen molar-refractivity contribution in [3.63, 3.8) is 0 Å². The van der Waals surface area contributed by atoms with Crippen LogP contribution in [-0.2, 0) is 9.59 Å². The molecule has 3 rings (SSSR count). The zero-order valence-corrected chi connectivity index (χ0v) is 18.5. The van der Waals surface area contributed by atoms with E-state index in [1.54, 1.807) is 37.3 Å². The molecule has 0 saturated carbocycles. The van der Waals surface area contributed by atoms with Gasteiger partial charge in [-0.15, -0.1) is 0 Å². The van der Waals surface area contributed by atoms with Crippen LogP contribution in [-0.4, -0.2) is 68.0 Å². The fourth-order valence-electron chi connectivity index (χ4n) is 3.70. The highest BCUT2D eigenvalue weighted by molar-refractivity contribution is 6.46. The molecule has 1 amide bonds. The van der Waals surface area contributed by atoms with Gasteiger partial charge in [-0.05, 0) is 64.3 Å². The van der Waals surface area contributed by atoms with Crippen LogP contribution in [0.5, 0.6) is 11.5 Å². The van der Waals surface area contributed by atoms with E-state index in [0.717, 1.165) is 6.54 Å². The summed E-state index contributed by atoms with van der Waals surface area (Å²) in [5, 5.41) is 11.1. The zero-order chi connectivity index (χ0) is 22.7. The average Bonchev–Trinajstić information content (AvgIpc) is 3.28. The lowest BCUT2D eigenvalue weighted by Crippen LogP contribution is -2.32. The van der Waals surface area contributed by atoms with Crippen molar-refractivity contribution in [3.05, 3.63) is 53.0 Å². The normalized spacial score (nSPS) is 18.1. The summed E-state index contributed by atoms with van der Waals surface area (Å²) in [7, 11) is 6.88. The molecule has 1 fully saturated rings. The molecule has 1 atom stereocenters. The average molecular weight is 428 g/mol. The van der Waals surface area contributed by atoms with E-state index >= 15 is 0 Å². The van der Waals surface area contributed by atoms with Crippen molar-refractivity contribution in [2.45, 2.75) is 19.4 Å². The molecule has 8 nitrogen and oxygen atoms in total. The second-order valence-electron chi connectivity index (χ2n) is 7.67. The van der Waals surface area contributed by atoms with Crippen molar-refractivity contribution in [2.75, 3.05) is 41.4 Å². The molecule has 0 aliphatic carbocycles. The summed E-state index contributed by atoms with van der Waals surface area (Å²) in [5.41, 5.74) is 0.341. The minimum atomic E-state index is -0.802. The van der Waals surface area contributed by atoms with Crippen molar-refractivity contribution in [1.82, 2.24) is 9.80 Å². The number of methoxy groups -OCH3 is 2. The Labute approximate surface area is 181 Å². The van der Waals surface area contributed by atoms with Crippen LogP contribution >= 0.6 is 0 Å². The van der Waals surface area contributed by atoms with Crippen LogP contribution in [0.4, 0.5) is 0 Å². The minimum Gasteiger partial charge on any atom is -0.507 e. The highest BCUT2D eigenvalue weighted by Crippen LogP contribution is 2.41. The first kappa shape index (κ1) is 22.4. The monoisotopic (exact) mass is 428 g/mol. The number of aliphatic hydroxyl groups excluding tert-OH is 1. The molecule has 31 heavy (non-hydrogen) atoms. The molecular weight excluding hydrogens is 400 g/mol. The number of aryl methyl sites for hydroxylation is 1. The first-order chi connectivity index (χ1) is 14.8. The van der Waals surface area contributed by atoms with Gasteiger partial charge < -0.3 is 28.8 Å². The third-order valence-electron chi connectivity index (χ3n) is 5.23. The Kier molecular flexibility index (Phi) is 6.70. The molecular formula is C23H28N2O6. The summed E-state index contributed by atoms with van der Waals surface area (Å²) in [5.74, 6) is 0.298. The van der Waals surface area contributed by atoms with Crippen LogP contribution in [0.3, 0.4) is 0 Å². The summed E-state index contributed by atoms with van der Waals surface area (Å²) in [6, 6.07) is 7.51. The SMILES string of the molecule is COc1ccc(/C(O)=C2\C(=O)C(=O)N(CCCN(C)C)[C@@H]2c2ccc(C)o2)cc1OC. The zero-order valence-electron chi connectivity index (χ0n) is 18.5. The van der Waals surface area contributed by atoms with Gasteiger partial charge in [-0.25, -0.2) is 0 Å². The van der Waals surface area contributed by atoms with E-state index < -0.39 is 17.7 Å². The molecule has 1 aromatic carbocycles. The fraction of sp³-hybridized carbons (Fsp3) is 0.391. The number of rotatable bonds is 8. The van der Waals surface area contributed by atoms with Crippen LogP contribution in [0.2, 0.25) is 0 Å². The molecule has 0 bridgehead atoms. The number of benzene rings is 1. The number of ketones is 1. The Hall–Kier alpha value is -3.26. The van der Waals surface area contributed by atoms with Crippen molar-refractivity contribution in [2.24, 2.45) is 0 Å². The van der Waals surface area contributed by atoms with Gasteiger partial charge in [0.1, 0.15) is 23.3 Å². The van der Waals surface area contributed by atoms with Crippen molar-refractivity contribution < 1.29 is 28.6 Å². The Balaban J connectivity index is 2.09. The maximum Gasteiger partial charge on any atom is 0.295 e. The fourth-order valence-corrected chi connectivity index (χ4v) is 3.70. The van der Waals surface area contributed by atoms with Gasteiger partial charge in [0.05, 0.1) is 19.8 Å². The molecule has 1 N–H and O–H groups in total. The maximum atomic E-state index is 13.0. The van der Waals surface area contributed by atoms with Gasteiger partial charge >= 0.3 is 0 Å². The number of Topliss-reactive ketones (excluding diaryl/α,β-unsaturated/α-hetero) is 1. The number of carbonyl (C=O) groups excluding carboxylic acids is 2. The van der Waals surface area contributed by atoms with Gasteiger partial charge in [0.25, 0.3) is 11.7 Å². The Morgan fingerprint density at radius 1 is 1.13 bits per heavy atom. The molecule has 2 aromatic rings. The van der Waals surface area contributed by atoms with Crippen LogP contribution in [0, 0.1) is 6.92 Å². The number of ether oxygens (including phenoxy) is 2. The molecule has 0 radical (unpaired) electrons. The number of carbonyl (C=O) groups is 2. The van der Waals surface area contributed by atoms with Crippen LogP contribution in [0.25, 0.3) is 5.76 Å². The number of furan rings is 1. The van der Waals surface area contributed by atoms with E-state index in [-0.39, 0.29) is 11.3 Å². The number of hydrogen-bond donors (Lipinski definition) is 1. The number of nitrogens with zero attached hydrogens (tertiary/aromatic N) is 2. The first-order valence-corrected chi connectivity index (χ1v) is 10.00. The van der Waals surface area contributed by atoms with Crippen molar-refractivity contribution >= 4 is 17.4 Å². The molecule has 0 unspecified atom stereocenters. The minimum absolute atomic E-state index is 0.00331. The predicted octanol–water partition coefficient (Wildman–Crippen LogP) is 2.98. The standard InChI is InChI=1S/C23H28N2O6/c1-14-7-9-17(31-14)20-19(22(27)23(28)25(20)12-6-11-24(2)3)21(26)15-8-10-16(29-4)18(13-15)30-5/h7-10,13,20,26H,6,11-12H2,1-5H3/b21-19+/t20-/m1/s1. The lowest BCUT2D eigenvalue weighted by Gasteiger charge is -2.24. The number of hydrogen-bond acceptors (Lipinski definition) is 7. The maximum absolute atomic E-state index is 13.0. The Bertz CT molecular complexity index is 1010. The second kappa shape index (κ2) is 9.26. The predicted molar refractivity (Wildman–Crippen MR) is 115 cm³/mol. The van der Waals surface area contributed by atoms with Crippen molar-refractivity contribution in [3.8, 4) is 11.5 Å². The van der Waals surface area contributed by atoms with E-state index in [1.807, 2.05) is 19.0 Å². The molecule has 166 valence electrons. The number of aliphatic hydroxyl groups is 1. The van der Waals surface area contributed by atoms with Gasteiger partial charge in [0.15, 0.2) is 11.5 Å². The molecule has 1 aliphatic rings. The smallest absolute Gasteiger partial charge is 0.295 e. The first-order valence-electron chi connectivity index (χ1n) is 10.00. The summed E-state index contributed by atoms with van der Waals surface area (Å²) < 4.78 is 16.3. The van der Waals surface area contributed by atoms with Gasteiger partial charge in [-0.3, -0.25) is 9.59 Å². The summed E-state index contributed by atoms with van der Waals surface area (Å²) in [6.07, 6.45) is 0.673. The highest BCUT2D eigenvalue weighted by Gasteiger charge is 2.47. The topological polar surface area (TPSA) is 92.5 Å². The van der Waals surface area contributed by atoms with E-state index in [1.165, 1.54) is 19.1 Å². The molecule has 2 heterocycles. The van der Waals surface area contributed by atoms with Crippen LogP contribution in [0.15, 0.2) is 40.3 Å². The quantitative estimate of drug-likeness (QED) is 0.393. The Morgan fingerprint density at radius 2 is 1.84 bits per heavy atom. The van der Waals surface area contributed by atoms with Gasteiger partial charge in [0, 0.05) is 12.1 Å². The molecule has 1 aliphatic heterocycles. The summed E-state index contributed by atoms with van der Waals surface area (Å²) in [4.78, 5) is 29.3. The third-order valence-corrected chi connectivity index (χ3v) is 5.23. The van der Waals surface area contributed by atoms with Gasteiger partial charge in [0.2, 0.25) is 0 Å². The van der Waals surface area contributed by atoms with Crippen LogP contribution < -0.4 is 9.47 Å². The highest BCUT2D eigenvalue weighted by atomic mass is 16.5. The molecule has 1 aromatic heterocycles. The lowest BCUT2D eigenvalue weighted by atomic mass is 9.99. The molecule has 8 heteroatoms. The molecule has 0 spiro atoms. The van der Waals surface area contributed by atoms with Crippen molar-refractivity contribution in [1.29, 1.82) is 0 Å². The van der Waals surface area contributed by atoms with E-state index in [0.29, 0.717) is 41.5 Å². The van der Waals surface area contributed by atoms with E-state index in [4.69, 9.17) is 13.9 Å². The van der Waals surface area contributed by atoms with Gasteiger partial charge in [-0.1, -0.05) is 0 Å². The molecule has 1 saturated heterocycles. The Morgan fingerprint density at radius 3 is 2.42 bits per heavy atom. The van der Waals surface area contributed by atoms with Gasteiger partial charge in [-0.2, -0.15) is 0 Å². The number of amides is 1. The third kappa shape index (κ3) is 4.44. The number of likely N-dealkylation sites (tertiary alicyclic amines) is 1. The largest absolute Gasteiger partial charge is 0.507 e. The van der Waals surface area contributed by atoms with E-state index in [9.17, 15) is 14.7 Å².